The average Bonchev–Trinajstić information content (AvgIpc) is 2.12. The SMILES string of the molecule is COC(=O)C(C)=C([SiH3])C(=O)OC. The average molecular weight is 188 g/mol. The number of carbonyl (C=O) groups excluding carboxylic acids is 2. The summed E-state index contributed by atoms with van der Waals surface area (Å²) in [6.45, 7) is 1.55. The van der Waals surface area contributed by atoms with Crippen LogP contribution >= 0.6 is 0 Å². The Balaban J connectivity index is 4.68. The van der Waals surface area contributed by atoms with Crippen molar-refractivity contribution in [2.24, 2.45) is 0 Å². The van der Waals surface area contributed by atoms with Gasteiger partial charge in [-0.1, -0.05) is 0 Å². The van der Waals surface area contributed by atoms with E-state index in [1.54, 1.807) is 6.92 Å². The molecule has 0 rings (SSSR count). The van der Waals surface area contributed by atoms with Gasteiger partial charge in [0.15, 0.2) is 0 Å². The highest BCUT2D eigenvalue weighted by atomic mass is 28.1. The highest BCUT2D eigenvalue weighted by molar-refractivity contribution is 6.37. The molecule has 0 aliphatic heterocycles. The molecule has 0 aromatic rings. The van der Waals surface area contributed by atoms with Crippen LogP contribution in [0.4, 0.5) is 0 Å². The van der Waals surface area contributed by atoms with Crippen molar-refractivity contribution in [3.8, 4) is 0 Å². The number of hydrogen-bond acceptors (Lipinski definition) is 4. The van der Waals surface area contributed by atoms with Crippen LogP contribution in [0.25, 0.3) is 0 Å². The van der Waals surface area contributed by atoms with E-state index in [4.69, 9.17) is 0 Å². The zero-order chi connectivity index (χ0) is 9.72. The van der Waals surface area contributed by atoms with Crippen molar-refractivity contribution in [2.45, 2.75) is 6.92 Å². The van der Waals surface area contributed by atoms with Crippen LogP contribution in [-0.2, 0) is 19.1 Å². The largest absolute Gasteiger partial charge is 0.466 e. The topological polar surface area (TPSA) is 52.6 Å². The highest BCUT2D eigenvalue weighted by Crippen LogP contribution is 2.03. The maximum Gasteiger partial charge on any atom is 0.333 e. The maximum absolute atomic E-state index is 10.9. The second-order valence-electron chi connectivity index (χ2n) is 2.23. The Morgan fingerprint density at radius 3 is 1.83 bits per heavy atom. The van der Waals surface area contributed by atoms with E-state index in [0.29, 0.717) is 21.0 Å². The fourth-order valence-corrected chi connectivity index (χ4v) is 1.02. The molecule has 0 aliphatic rings. The third-order valence-corrected chi connectivity index (χ3v) is 2.70. The fraction of sp³-hybridized carbons (Fsp3) is 0.429. The smallest absolute Gasteiger partial charge is 0.333 e. The number of hydrogen-bond donors (Lipinski definition) is 0. The summed E-state index contributed by atoms with van der Waals surface area (Å²) >= 11 is 0. The number of methoxy groups -OCH3 is 2. The lowest BCUT2D eigenvalue weighted by molar-refractivity contribution is -0.138. The molecule has 0 bridgehead atoms. The van der Waals surface area contributed by atoms with Crippen LogP contribution in [0.15, 0.2) is 10.8 Å². The Morgan fingerprint density at radius 1 is 1.08 bits per heavy atom. The Hall–Kier alpha value is -1.10. The molecule has 0 radical (unpaired) electrons. The van der Waals surface area contributed by atoms with E-state index in [9.17, 15) is 9.59 Å². The van der Waals surface area contributed by atoms with E-state index in [-0.39, 0.29) is 0 Å². The second-order valence-corrected chi connectivity index (χ2v) is 3.23. The van der Waals surface area contributed by atoms with E-state index in [1.807, 2.05) is 0 Å². The summed E-state index contributed by atoms with van der Waals surface area (Å²) in [7, 11) is 3.03. The summed E-state index contributed by atoms with van der Waals surface area (Å²) in [5.74, 6) is -0.935. The van der Waals surface area contributed by atoms with Crippen LogP contribution in [0, 0.1) is 0 Å². The second kappa shape index (κ2) is 4.71. The molecule has 4 nitrogen and oxygen atoms in total. The molecule has 12 heavy (non-hydrogen) atoms. The normalized spacial score (nSPS) is 11.9. The van der Waals surface area contributed by atoms with Gasteiger partial charge in [-0.2, -0.15) is 0 Å². The van der Waals surface area contributed by atoms with Crippen molar-refractivity contribution < 1.29 is 19.1 Å². The van der Waals surface area contributed by atoms with Crippen molar-refractivity contribution in [3.05, 3.63) is 10.8 Å². The maximum atomic E-state index is 10.9. The molecule has 0 spiro atoms. The van der Waals surface area contributed by atoms with Crippen molar-refractivity contribution in [3.63, 3.8) is 0 Å². The van der Waals surface area contributed by atoms with E-state index in [1.165, 1.54) is 14.2 Å². The minimum Gasteiger partial charge on any atom is -0.466 e. The van der Waals surface area contributed by atoms with Crippen LogP contribution in [0.3, 0.4) is 0 Å². The van der Waals surface area contributed by atoms with Crippen LogP contribution < -0.4 is 0 Å². The van der Waals surface area contributed by atoms with E-state index in [2.05, 4.69) is 9.47 Å². The molecule has 0 aromatic heterocycles. The third-order valence-electron chi connectivity index (χ3n) is 1.55. The summed E-state index contributed by atoms with van der Waals surface area (Å²) in [6.07, 6.45) is 0. The minimum atomic E-state index is -0.481. The van der Waals surface area contributed by atoms with Crippen molar-refractivity contribution in [1.82, 2.24) is 0 Å². The summed E-state index contributed by atoms with van der Waals surface area (Å²) in [5, 5.41) is 0.407. The monoisotopic (exact) mass is 188 g/mol. The molecule has 68 valence electrons. The summed E-state index contributed by atoms with van der Waals surface area (Å²) in [5.41, 5.74) is 0.330. The van der Waals surface area contributed by atoms with Crippen molar-refractivity contribution in [1.29, 1.82) is 0 Å². The number of ether oxygens (including phenoxy) is 2. The molecule has 0 atom stereocenters. The number of esters is 2. The summed E-state index contributed by atoms with van der Waals surface area (Å²) in [6, 6.07) is 0. The molecule has 0 aliphatic carbocycles. The molecule has 0 aromatic carbocycles. The zero-order valence-electron chi connectivity index (χ0n) is 7.63. The molecule has 5 heteroatoms. The Bertz CT molecular complexity index is 208. The molecule has 0 saturated heterocycles. The van der Waals surface area contributed by atoms with Gasteiger partial charge in [-0.05, 0) is 6.92 Å². The molecule has 0 unspecified atom stereocenters. The van der Waals surface area contributed by atoms with E-state index >= 15 is 0 Å². The van der Waals surface area contributed by atoms with Crippen LogP contribution in [-0.4, -0.2) is 36.4 Å². The van der Waals surface area contributed by atoms with E-state index < -0.39 is 11.9 Å². The molecule has 0 amide bonds. The number of carbonyl (C=O) groups is 2. The predicted molar refractivity (Wildman–Crippen MR) is 46.7 cm³/mol. The fourth-order valence-electron chi connectivity index (χ4n) is 0.612. The van der Waals surface area contributed by atoms with Crippen LogP contribution in [0.5, 0.6) is 0 Å². The van der Waals surface area contributed by atoms with Crippen LogP contribution in [0.1, 0.15) is 6.92 Å². The quantitative estimate of drug-likeness (QED) is 0.316. The Kier molecular flexibility index (Phi) is 4.28. The minimum absolute atomic E-state index is 0.330. The zero-order valence-corrected chi connectivity index (χ0v) is 9.63. The van der Waals surface area contributed by atoms with Gasteiger partial charge in [-0.3, -0.25) is 0 Å². The lowest BCUT2D eigenvalue weighted by Crippen LogP contribution is -2.12. The van der Waals surface area contributed by atoms with E-state index in [0.717, 1.165) is 0 Å². The highest BCUT2D eigenvalue weighted by Gasteiger charge is 2.13. The lowest BCUT2D eigenvalue weighted by Gasteiger charge is -2.03. The van der Waals surface area contributed by atoms with Gasteiger partial charge in [0, 0.05) is 21.0 Å². The first-order valence-electron chi connectivity index (χ1n) is 3.38. The molecular formula is C7H12O4Si. The van der Waals surface area contributed by atoms with Gasteiger partial charge >= 0.3 is 11.9 Å². The molecule has 0 heterocycles. The first kappa shape index (κ1) is 10.9. The first-order valence-corrected chi connectivity index (χ1v) is 4.38. The van der Waals surface area contributed by atoms with Gasteiger partial charge in [0.25, 0.3) is 0 Å². The lowest BCUT2D eigenvalue weighted by atomic mass is 10.3. The summed E-state index contributed by atoms with van der Waals surface area (Å²) in [4.78, 5) is 21.8. The third kappa shape index (κ3) is 2.50. The molecular weight excluding hydrogens is 176 g/mol. The molecule has 0 N–H and O–H groups in total. The predicted octanol–water partition coefficient (Wildman–Crippen LogP) is -1.03. The first-order chi connectivity index (χ1) is 5.54. The van der Waals surface area contributed by atoms with Gasteiger partial charge in [0.2, 0.25) is 0 Å². The standard InChI is InChI=1S/C7H12O4Si/c1-4(6(8)10-2)5(12)7(9)11-3/h1-3,12H3. The van der Waals surface area contributed by atoms with Gasteiger partial charge in [0.1, 0.15) is 0 Å². The van der Waals surface area contributed by atoms with Gasteiger partial charge in [-0.15, -0.1) is 0 Å². The Morgan fingerprint density at radius 2 is 1.50 bits per heavy atom. The van der Waals surface area contributed by atoms with Gasteiger partial charge < -0.3 is 9.47 Å². The Labute approximate surface area is 74.0 Å². The molecule has 0 fully saturated rings. The molecule has 0 saturated carbocycles. The van der Waals surface area contributed by atoms with Gasteiger partial charge in [0.05, 0.1) is 14.2 Å². The summed E-state index contributed by atoms with van der Waals surface area (Å²) < 4.78 is 8.90. The van der Waals surface area contributed by atoms with Gasteiger partial charge in [-0.25, -0.2) is 9.59 Å². The van der Waals surface area contributed by atoms with Crippen LogP contribution in [0.2, 0.25) is 0 Å². The number of rotatable bonds is 2. The van der Waals surface area contributed by atoms with Crippen molar-refractivity contribution >= 4 is 22.2 Å². The van der Waals surface area contributed by atoms with Crippen molar-refractivity contribution in [2.75, 3.05) is 14.2 Å².